The second-order valence-corrected chi connectivity index (χ2v) is 2.09. The van der Waals surface area contributed by atoms with Gasteiger partial charge in [0.1, 0.15) is 0 Å². The molecule has 0 aliphatic heterocycles. The summed E-state index contributed by atoms with van der Waals surface area (Å²) in [5.41, 5.74) is -0.548. The van der Waals surface area contributed by atoms with Crippen molar-refractivity contribution < 1.29 is 9.53 Å². The number of alkyl halides is 1. The zero-order valence-corrected chi connectivity index (χ0v) is 6.18. The lowest BCUT2D eigenvalue weighted by atomic mass is 10.5. The highest BCUT2D eigenvalue weighted by atomic mass is 35.5. The molecular weight excluding hydrogens is 140 g/mol. The van der Waals surface area contributed by atoms with Crippen LogP contribution in [-0.4, -0.2) is 11.5 Å². The molecule has 1 unspecified atom stereocenters. The van der Waals surface area contributed by atoms with E-state index in [2.05, 4.69) is 4.74 Å². The fourth-order valence-corrected chi connectivity index (χ4v) is 0.423. The van der Waals surface area contributed by atoms with Gasteiger partial charge in [0.2, 0.25) is 0 Å². The van der Waals surface area contributed by atoms with Crippen LogP contribution in [0, 0.1) is 0 Å². The Morgan fingerprint density at radius 3 is 2.67 bits per heavy atom. The average Bonchev–Trinajstić information content (AvgIpc) is 1.63. The molecule has 0 radical (unpaired) electrons. The molecule has 0 fully saturated rings. The molecule has 0 saturated carbocycles. The highest BCUT2D eigenvalue weighted by Crippen LogP contribution is 1.96. The molecule has 0 rings (SSSR count). The quantitative estimate of drug-likeness (QED) is 0.339. The van der Waals surface area contributed by atoms with Crippen molar-refractivity contribution in [3.63, 3.8) is 0 Å². The third-order valence-electron chi connectivity index (χ3n) is 0.581. The summed E-state index contributed by atoms with van der Waals surface area (Å²) in [5.74, 6) is -0.403. The van der Waals surface area contributed by atoms with E-state index in [1.54, 1.807) is 19.9 Å². The van der Waals surface area contributed by atoms with Crippen LogP contribution in [0.1, 0.15) is 13.8 Å². The van der Waals surface area contributed by atoms with Gasteiger partial charge in [0.15, 0.2) is 5.56 Å². The molecule has 9 heavy (non-hydrogen) atoms. The van der Waals surface area contributed by atoms with Gasteiger partial charge in [-0.1, -0.05) is 17.7 Å². The minimum Gasteiger partial charge on any atom is -0.443 e. The van der Waals surface area contributed by atoms with Crippen LogP contribution in [0.4, 0.5) is 0 Å². The minimum atomic E-state index is -0.548. The molecule has 0 spiro atoms. The Hall–Kier alpha value is -0.500. The topological polar surface area (TPSA) is 26.3 Å². The standard InChI is InChI=1S/C6H9ClO2/c1-3-4-6(8)9-5(2)7/h3-5H,1-2H3. The number of ether oxygens (including phenoxy) is 1. The Bertz CT molecular complexity index is 118. The van der Waals surface area contributed by atoms with Gasteiger partial charge >= 0.3 is 5.97 Å². The lowest BCUT2D eigenvalue weighted by molar-refractivity contribution is -0.138. The normalized spacial score (nSPS) is 13.7. The summed E-state index contributed by atoms with van der Waals surface area (Å²) in [6.45, 7) is 3.32. The van der Waals surface area contributed by atoms with Gasteiger partial charge in [0, 0.05) is 6.08 Å². The van der Waals surface area contributed by atoms with Crippen LogP contribution in [0.5, 0.6) is 0 Å². The van der Waals surface area contributed by atoms with E-state index < -0.39 is 11.5 Å². The van der Waals surface area contributed by atoms with Crippen LogP contribution in [0.3, 0.4) is 0 Å². The zero-order chi connectivity index (χ0) is 7.28. The molecule has 0 aliphatic rings. The van der Waals surface area contributed by atoms with Gasteiger partial charge in [-0.2, -0.15) is 0 Å². The third kappa shape index (κ3) is 5.37. The Kier molecular flexibility index (Phi) is 4.14. The summed E-state index contributed by atoms with van der Waals surface area (Å²) in [6.07, 6.45) is 2.92. The van der Waals surface area contributed by atoms with Crippen molar-refractivity contribution in [1.29, 1.82) is 0 Å². The van der Waals surface area contributed by atoms with E-state index in [0.717, 1.165) is 0 Å². The Morgan fingerprint density at radius 1 is 1.78 bits per heavy atom. The molecule has 0 aromatic heterocycles. The first-order valence-electron chi connectivity index (χ1n) is 2.64. The van der Waals surface area contributed by atoms with Gasteiger partial charge in [-0.05, 0) is 13.8 Å². The van der Waals surface area contributed by atoms with E-state index in [-0.39, 0.29) is 0 Å². The number of hydrogen-bond acceptors (Lipinski definition) is 2. The lowest BCUT2D eigenvalue weighted by Gasteiger charge is -2.00. The van der Waals surface area contributed by atoms with Crippen LogP contribution in [0.15, 0.2) is 12.2 Å². The monoisotopic (exact) mass is 148 g/mol. The van der Waals surface area contributed by atoms with Gasteiger partial charge < -0.3 is 4.74 Å². The number of rotatable bonds is 2. The molecule has 0 aromatic carbocycles. The summed E-state index contributed by atoms with van der Waals surface area (Å²) >= 11 is 5.33. The van der Waals surface area contributed by atoms with Crippen molar-refractivity contribution >= 4 is 17.6 Å². The summed E-state index contributed by atoms with van der Waals surface area (Å²) < 4.78 is 4.53. The lowest BCUT2D eigenvalue weighted by Crippen LogP contribution is -2.05. The first-order chi connectivity index (χ1) is 4.16. The van der Waals surface area contributed by atoms with Crippen molar-refractivity contribution in [2.45, 2.75) is 19.4 Å². The average molecular weight is 149 g/mol. The molecular formula is C6H9ClO2. The molecule has 0 aromatic rings. The molecule has 52 valence electrons. The van der Waals surface area contributed by atoms with Crippen LogP contribution in [0.2, 0.25) is 0 Å². The summed E-state index contributed by atoms with van der Waals surface area (Å²) in [7, 11) is 0. The maximum Gasteiger partial charge on any atom is 0.331 e. The van der Waals surface area contributed by atoms with Gasteiger partial charge in [-0.3, -0.25) is 0 Å². The number of esters is 1. The SMILES string of the molecule is CC=CC(=O)OC(C)Cl. The number of carbonyl (C=O) groups excluding carboxylic acids is 1. The fourth-order valence-electron chi connectivity index (χ4n) is 0.335. The van der Waals surface area contributed by atoms with Crippen molar-refractivity contribution in [3.8, 4) is 0 Å². The fraction of sp³-hybridized carbons (Fsp3) is 0.500. The van der Waals surface area contributed by atoms with Crippen molar-refractivity contribution in [2.75, 3.05) is 0 Å². The minimum absolute atomic E-state index is 0.403. The maximum absolute atomic E-state index is 10.5. The van der Waals surface area contributed by atoms with E-state index >= 15 is 0 Å². The summed E-state index contributed by atoms with van der Waals surface area (Å²) in [6, 6.07) is 0. The number of halogens is 1. The predicted molar refractivity (Wildman–Crippen MR) is 36.2 cm³/mol. The third-order valence-corrected chi connectivity index (χ3v) is 0.670. The van der Waals surface area contributed by atoms with Crippen LogP contribution in [0.25, 0.3) is 0 Å². The van der Waals surface area contributed by atoms with Crippen LogP contribution >= 0.6 is 11.6 Å². The molecule has 0 aliphatic carbocycles. The van der Waals surface area contributed by atoms with E-state index in [0.29, 0.717) is 0 Å². The van der Waals surface area contributed by atoms with E-state index in [1.807, 2.05) is 0 Å². The largest absolute Gasteiger partial charge is 0.443 e. The van der Waals surface area contributed by atoms with Gasteiger partial charge in [-0.25, -0.2) is 4.79 Å². The zero-order valence-electron chi connectivity index (χ0n) is 5.43. The first-order valence-corrected chi connectivity index (χ1v) is 3.08. The Balaban J connectivity index is 3.51. The number of hydrogen-bond donors (Lipinski definition) is 0. The molecule has 0 N–H and O–H groups in total. The molecule has 0 bridgehead atoms. The maximum atomic E-state index is 10.5. The van der Waals surface area contributed by atoms with Gasteiger partial charge in [0.25, 0.3) is 0 Å². The van der Waals surface area contributed by atoms with Crippen molar-refractivity contribution in [2.24, 2.45) is 0 Å². The molecule has 3 heteroatoms. The van der Waals surface area contributed by atoms with Crippen molar-refractivity contribution in [1.82, 2.24) is 0 Å². The Morgan fingerprint density at radius 2 is 2.33 bits per heavy atom. The van der Waals surface area contributed by atoms with E-state index in [4.69, 9.17) is 11.6 Å². The van der Waals surface area contributed by atoms with E-state index in [1.165, 1.54) is 6.08 Å². The highest BCUT2D eigenvalue weighted by molar-refractivity contribution is 6.20. The first kappa shape index (κ1) is 8.50. The smallest absolute Gasteiger partial charge is 0.331 e. The summed E-state index contributed by atoms with van der Waals surface area (Å²) in [4.78, 5) is 10.5. The number of carbonyl (C=O) groups is 1. The van der Waals surface area contributed by atoms with Gasteiger partial charge in [-0.15, -0.1) is 0 Å². The van der Waals surface area contributed by atoms with E-state index in [9.17, 15) is 4.79 Å². The molecule has 0 amide bonds. The van der Waals surface area contributed by atoms with Crippen molar-refractivity contribution in [3.05, 3.63) is 12.2 Å². The molecule has 2 nitrogen and oxygen atoms in total. The Labute approximate surface area is 59.5 Å². The summed E-state index contributed by atoms with van der Waals surface area (Å²) in [5, 5.41) is 0. The molecule has 1 atom stereocenters. The highest BCUT2D eigenvalue weighted by Gasteiger charge is 1.99. The van der Waals surface area contributed by atoms with Gasteiger partial charge in [0.05, 0.1) is 0 Å². The second kappa shape index (κ2) is 4.39. The van der Waals surface area contributed by atoms with Crippen LogP contribution in [-0.2, 0) is 9.53 Å². The predicted octanol–water partition coefficient (Wildman–Crippen LogP) is 1.69. The van der Waals surface area contributed by atoms with Crippen LogP contribution < -0.4 is 0 Å². The second-order valence-electron chi connectivity index (χ2n) is 1.48. The molecule has 0 saturated heterocycles. The number of allylic oxidation sites excluding steroid dienone is 1. The molecule has 0 heterocycles.